The van der Waals surface area contributed by atoms with Crippen LogP contribution in [0.3, 0.4) is 0 Å². The fourth-order valence-corrected chi connectivity index (χ4v) is 3.47. The highest BCUT2D eigenvalue weighted by molar-refractivity contribution is 7.88. The van der Waals surface area contributed by atoms with E-state index in [0.29, 0.717) is 15.6 Å². The third-order valence-corrected chi connectivity index (χ3v) is 5.54. The molecule has 0 aliphatic heterocycles. The van der Waals surface area contributed by atoms with Gasteiger partial charge in [0.25, 0.3) is 0 Å². The third-order valence-electron chi connectivity index (χ3n) is 3.76. The van der Waals surface area contributed by atoms with E-state index < -0.39 is 15.9 Å². The van der Waals surface area contributed by atoms with Gasteiger partial charge in [0.05, 0.1) is 12.8 Å². The van der Waals surface area contributed by atoms with Crippen molar-refractivity contribution in [2.45, 2.75) is 20.0 Å². The molecule has 0 bridgehead atoms. The summed E-state index contributed by atoms with van der Waals surface area (Å²) < 4.78 is 25.2. The van der Waals surface area contributed by atoms with Crippen molar-refractivity contribution in [2.75, 3.05) is 12.8 Å². The zero-order valence-electron chi connectivity index (χ0n) is 14.5. The molecule has 0 fully saturated rings. The number of hydrogen-bond donors (Lipinski definition) is 1. The smallest absolute Gasteiger partial charge is 0.235 e. The number of halogens is 2. The quantitative estimate of drug-likeness (QED) is 0.754. The first-order valence-electron chi connectivity index (χ1n) is 7.86. The van der Waals surface area contributed by atoms with Crippen LogP contribution < -0.4 is 5.32 Å². The maximum Gasteiger partial charge on any atom is 0.235 e. The first-order valence-corrected chi connectivity index (χ1v) is 10.5. The highest BCUT2D eigenvalue weighted by Crippen LogP contribution is 2.20. The summed E-state index contributed by atoms with van der Waals surface area (Å²) in [7, 11) is -3.54. The molecule has 0 spiro atoms. The van der Waals surface area contributed by atoms with Crippen LogP contribution in [0.15, 0.2) is 42.5 Å². The number of hydrogen-bond acceptors (Lipinski definition) is 3. The van der Waals surface area contributed by atoms with Crippen LogP contribution in [-0.4, -0.2) is 31.4 Å². The zero-order chi connectivity index (χ0) is 19.3. The lowest BCUT2D eigenvalue weighted by molar-refractivity contribution is -0.121. The first kappa shape index (κ1) is 20.7. The van der Waals surface area contributed by atoms with E-state index in [2.05, 4.69) is 5.32 Å². The fourth-order valence-electron chi connectivity index (χ4n) is 2.26. The van der Waals surface area contributed by atoms with Gasteiger partial charge in [-0.15, -0.1) is 0 Å². The Kier molecular flexibility index (Phi) is 7.06. The van der Waals surface area contributed by atoms with Gasteiger partial charge in [-0.1, -0.05) is 59.1 Å². The molecular weight excluding hydrogens is 395 g/mol. The number of carbonyl (C=O) groups excluding carboxylic acids is 1. The summed E-state index contributed by atoms with van der Waals surface area (Å²) in [5.74, 6) is -0.409. The average molecular weight is 415 g/mol. The highest BCUT2D eigenvalue weighted by Gasteiger charge is 2.20. The lowest BCUT2D eigenvalue weighted by Crippen LogP contribution is -2.39. The van der Waals surface area contributed by atoms with Crippen LogP contribution in [0, 0.1) is 6.92 Å². The van der Waals surface area contributed by atoms with E-state index in [1.807, 2.05) is 31.2 Å². The summed E-state index contributed by atoms with van der Waals surface area (Å²) in [6.07, 6.45) is 1.09. The minimum Gasteiger partial charge on any atom is -0.351 e. The number of carbonyl (C=O) groups is 1. The van der Waals surface area contributed by atoms with Crippen molar-refractivity contribution in [3.8, 4) is 0 Å². The van der Waals surface area contributed by atoms with Gasteiger partial charge in [-0.3, -0.25) is 4.79 Å². The average Bonchev–Trinajstić information content (AvgIpc) is 2.54. The van der Waals surface area contributed by atoms with Gasteiger partial charge in [-0.05, 0) is 30.2 Å². The zero-order valence-corrected chi connectivity index (χ0v) is 16.8. The van der Waals surface area contributed by atoms with Crippen molar-refractivity contribution < 1.29 is 13.2 Å². The van der Waals surface area contributed by atoms with Crippen LogP contribution in [0.4, 0.5) is 0 Å². The van der Waals surface area contributed by atoms with Crippen LogP contribution in [-0.2, 0) is 27.9 Å². The Morgan fingerprint density at radius 2 is 1.77 bits per heavy atom. The summed E-state index contributed by atoms with van der Waals surface area (Å²) in [6, 6.07) is 12.5. The molecule has 0 aliphatic carbocycles. The highest BCUT2D eigenvalue weighted by atomic mass is 35.5. The van der Waals surface area contributed by atoms with Gasteiger partial charge < -0.3 is 5.32 Å². The second-order valence-corrected chi connectivity index (χ2v) is 8.86. The molecule has 1 N–H and O–H groups in total. The minimum atomic E-state index is -3.54. The lowest BCUT2D eigenvalue weighted by Gasteiger charge is -2.20. The molecule has 140 valence electrons. The first-order chi connectivity index (χ1) is 12.1. The molecule has 2 aromatic carbocycles. The van der Waals surface area contributed by atoms with Crippen LogP contribution in [0.25, 0.3) is 0 Å². The predicted molar refractivity (Wildman–Crippen MR) is 105 cm³/mol. The molecule has 0 aliphatic rings. The predicted octanol–water partition coefficient (Wildman–Crippen LogP) is 3.38. The van der Waals surface area contributed by atoms with Gasteiger partial charge in [-0.2, -0.15) is 4.31 Å². The monoisotopic (exact) mass is 414 g/mol. The Balaban J connectivity index is 2.01. The van der Waals surface area contributed by atoms with Crippen molar-refractivity contribution in [1.82, 2.24) is 9.62 Å². The minimum absolute atomic E-state index is 0.133. The normalized spacial score (nSPS) is 11.6. The molecule has 0 unspecified atom stereocenters. The second kappa shape index (κ2) is 8.86. The number of nitrogens with one attached hydrogen (secondary N) is 1. The maximum absolute atomic E-state index is 12.2. The van der Waals surface area contributed by atoms with Crippen molar-refractivity contribution in [3.05, 3.63) is 69.2 Å². The van der Waals surface area contributed by atoms with Gasteiger partial charge in [-0.25, -0.2) is 8.42 Å². The van der Waals surface area contributed by atoms with Crippen LogP contribution >= 0.6 is 23.2 Å². The van der Waals surface area contributed by atoms with E-state index in [4.69, 9.17) is 23.2 Å². The number of sulfonamides is 1. The Bertz CT molecular complexity index is 884. The van der Waals surface area contributed by atoms with E-state index in [1.165, 1.54) is 0 Å². The summed E-state index contributed by atoms with van der Waals surface area (Å²) >= 11 is 11.9. The number of aryl methyl sites for hydroxylation is 1. The summed E-state index contributed by atoms with van der Waals surface area (Å²) in [6.45, 7) is 2.01. The van der Waals surface area contributed by atoms with E-state index in [1.54, 1.807) is 18.2 Å². The van der Waals surface area contributed by atoms with Crippen molar-refractivity contribution in [3.63, 3.8) is 0 Å². The standard InChI is InChI=1S/C18H20Cl2N2O3S/c1-13-3-5-14(6-4-13)11-22(26(2,24)25)12-18(23)21-10-15-7-8-16(19)9-17(15)20/h3-9H,10-12H2,1-2H3,(H,21,23). The molecule has 0 aromatic heterocycles. The topological polar surface area (TPSA) is 66.5 Å². The molecule has 0 saturated heterocycles. The largest absolute Gasteiger partial charge is 0.351 e. The Morgan fingerprint density at radius 1 is 1.12 bits per heavy atom. The molecule has 8 heteroatoms. The van der Waals surface area contributed by atoms with E-state index in [9.17, 15) is 13.2 Å². The number of benzene rings is 2. The lowest BCUT2D eigenvalue weighted by atomic mass is 10.1. The number of rotatable bonds is 7. The SMILES string of the molecule is Cc1ccc(CN(CC(=O)NCc2ccc(Cl)cc2Cl)S(C)(=O)=O)cc1. The van der Waals surface area contributed by atoms with Gasteiger partial charge >= 0.3 is 0 Å². The van der Waals surface area contributed by atoms with Crippen LogP contribution in [0.2, 0.25) is 10.0 Å². The molecule has 1 amide bonds. The summed E-state index contributed by atoms with van der Waals surface area (Å²) in [4.78, 5) is 12.2. The molecule has 0 radical (unpaired) electrons. The molecule has 2 aromatic rings. The number of nitrogens with zero attached hydrogens (tertiary/aromatic N) is 1. The Morgan fingerprint density at radius 3 is 2.35 bits per heavy atom. The van der Waals surface area contributed by atoms with E-state index in [0.717, 1.165) is 21.7 Å². The van der Waals surface area contributed by atoms with Crippen molar-refractivity contribution in [1.29, 1.82) is 0 Å². The van der Waals surface area contributed by atoms with Gasteiger partial charge in [0.15, 0.2) is 0 Å². The van der Waals surface area contributed by atoms with Gasteiger partial charge in [0, 0.05) is 23.1 Å². The molecule has 0 saturated carbocycles. The Hall–Kier alpha value is -1.60. The van der Waals surface area contributed by atoms with Crippen molar-refractivity contribution >= 4 is 39.1 Å². The maximum atomic E-state index is 12.2. The van der Waals surface area contributed by atoms with Crippen molar-refractivity contribution in [2.24, 2.45) is 0 Å². The molecule has 0 atom stereocenters. The molecule has 0 heterocycles. The molecule has 26 heavy (non-hydrogen) atoms. The van der Waals surface area contributed by atoms with E-state index >= 15 is 0 Å². The second-order valence-electron chi connectivity index (χ2n) is 6.03. The molecule has 5 nitrogen and oxygen atoms in total. The fraction of sp³-hybridized carbons (Fsp3) is 0.278. The summed E-state index contributed by atoms with van der Waals surface area (Å²) in [5, 5.41) is 3.63. The van der Waals surface area contributed by atoms with E-state index in [-0.39, 0.29) is 19.6 Å². The third kappa shape index (κ3) is 6.29. The van der Waals surface area contributed by atoms with Crippen LogP contribution in [0.5, 0.6) is 0 Å². The molecule has 2 rings (SSSR count). The number of amides is 1. The van der Waals surface area contributed by atoms with Gasteiger partial charge in [0.1, 0.15) is 0 Å². The van der Waals surface area contributed by atoms with Gasteiger partial charge in [0.2, 0.25) is 15.9 Å². The summed E-state index contributed by atoms with van der Waals surface area (Å²) in [5.41, 5.74) is 2.60. The molecular formula is C18H20Cl2N2O3S. The Labute approximate surface area is 164 Å². The van der Waals surface area contributed by atoms with Crippen LogP contribution in [0.1, 0.15) is 16.7 Å².